The third-order valence-electron chi connectivity index (χ3n) is 2.84. The summed E-state index contributed by atoms with van der Waals surface area (Å²) in [6, 6.07) is 2.03. The maximum atomic E-state index is 4.34. The van der Waals surface area contributed by atoms with Crippen LogP contribution in [-0.4, -0.2) is 20.0 Å². The van der Waals surface area contributed by atoms with Gasteiger partial charge in [0.05, 0.1) is 5.69 Å². The minimum Gasteiger partial charge on any atom is -0.364 e. The van der Waals surface area contributed by atoms with Crippen LogP contribution in [0.3, 0.4) is 0 Å². The molecular weight excluding hydrogens is 202 g/mol. The third kappa shape index (κ3) is 1.93. The van der Waals surface area contributed by atoms with Gasteiger partial charge in [-0.25, -0.2) is 0 Å². The topological polar surface area (TPSA) is 58.5 Å². The zero-order chi connectivity index (χ0) is 11.7. The van der Waals surface area contributed by atoms with E-state index < -0.39 is 0 Å². The van der Waals surface area contributed by atoms with Crippen LogP contribution in [-0.2, 0) is 13.6 Å². The minimum absolute atomic E-state index is 0.755. The molecule has 0 saturated carbocycles. The molecule has 0 radical (unpaired) electrons. The Hall–Kier alpha value is -1.78. The Morgan fingerprint density at radius 1 is 1.38 bits per heavy atom. The first-order valence-corrected chi connectivity index (χ1v) is 5.33. The molecule has 0 aliphatic rings. The molecule has 0 fully saturated rings. The van der Waals surface area contributed by atoms with E-state index in [1.807, 2.05) is 38.6 Å². The molecule has 0 saturated heterocycles. The van der Waals surface area contributed by atoms with Crippen molar-refractivity contribution in [2.45, 2.75) is 27.3 Å². The summed E-state index contributed by atoms with van der Waals surface area (Å²) in [5, 5.41) is 14.8. The molecule has 0 atom stereocenters. The van der Waals surface area contributed by atoms with Crippen molar-refractivity contribution in [3.05, 3.63) is 28.7 Å². The van der Waals surface area contributed by atoms with Gasteiger partial charge in [-0.2, -0.15) is 10.2 Å². The number of anilines is 1. The maximum Gasteiger partial charge on any atom is 0.148 e. The first-order chi connectivity index (χ1) is 7.58. The molecule has 0 aromatic carbocycles. The summed E-state index contributed by atoms with van der Waals surface area (Å²) < 4.78 is 1.86. The number of aromatic amines is 1. The third-order valence-corrected chi connectivity index (χ3v) is 2.84. The fraction of sp³-hybridized carbons (Fsp3) is 0.455. The summed E-state index contributed by atoms with van der Waals surface area (Å²) in [6.07, 6.45) is 0. The molecule has 0 amide bonds. The quantitative estimate of drug-likeness (QED) is 0.825. The van der Waals surface area contributed by atoms with Crippen molar-refractivity contribution in [3.8, 4) is 0 Å². The van der Waals surface area contributed by atoms with Crippen LogP contribution in [0.1, 0.15) is 22.6 Å². The van der Waals surface area contributed by atoms with Gasteiger partial charge < -0.3 is 5.32 Å². The highest BCUT2D eigenvalue weighted by atomic mass is 15.3. The van der Waals surface area contributed by atoms with Crippen molar-refractivity contribution in [1.29, 1.82) is 0 Å². The molecule has 86 valence electrons. The number of hydrogen-bond donors (Lipinski definition) is 2. The molecule has 0 aliphatic heterocycles. The van der Waals surface area contributed by atoms with Crippen LogP contribution >= 0.6 is 0 Å². The summed E-state index contributed by atoms with van der Waals surface area (Å²) in [7, 11) is 1.94. The molecule has 2 rings (SSSR count). The van der Waals surface area contributed by atoms with Gasteiger partial charge in [0, 0.05) is 36.6 Å². The summed E-state index contributed by atoms with van der Waals surface area (Å²) in [5.74, 6) is 0.903. The number of rotatable bonds is 3. The van der Waals surface area contributed by atoms with Crippen LogP contribution < -0.4 is 5.32 Å². The molecule has 0 spiro atoms. The second kappa shape index (κ2) is 4.00. The number of nitrogens with one attached hydrogen (secondary N) is 2. The Kier molecular flexibility index (Phi) is 2.68. The van der Waals surface area contributed by atoms with Gasteiger partial charge in [0.15, 0.2) is 0 Å². The lowest BCUT2D eigenvalue weighted by Crippen LogP contribution is -2.02. The number of nitrogens with zero attached hydrogens (tertiary/aromatic N) is 3. The monoisotopic (exact) mass is 219 g/mol. The number of hydrogen-bond acceptors (Lipinski definition) is 3. The standard InChI is InChI=1S/C11H17N5/c1-7-5-11(15-16(7)4)12-6-10-8(2)13-14-9(10)3/h5H,6H2,1-4H3,(H,12,15)(H,13,14). The molecule has 5 nitrogen and oxygen atoms in total. The van der Waals surface area contributed by atoms with Crippen LogP contribution in [0.15, 0.2) is 6.07 Å². The van der Waals surface area contributed by atoms with Crippen LogP contribution in [0.5, 0.6) is 0 Å². The highest BCUT2D eigenvalue weighted by Gasteiger charge is 2.07. The maximum absolute atomic E-state index is 4.34. The molecular formula is C11H17N5. The highest BCUT2D eigenvalue weighted by Crippen LogP contribution is 2.13. The Morgan fingerprint density at radius 2 is 2.12 bits per heavy atom. The van der Waals surface area contributed by atoms with Gasteiger partial charge in [0.2, 0.25) is 0 Å². The summed E-state index contributed by atoms with van der Waals surface area (Å²) in [4.78, 5) is 0. The molecule has 2 aromatic rings. The number of aryl methyl sites for hydroxylation is 4. The zero-order valence-corrected chi connectivity index (χ0v) is 10.1. The summed E-state index contributed by atoms with van der Waals surface area (Å²) >= 11 is 0. The van der Waals surface area contributed by atoms with Gasteiger partial charge in [-0.1, -0.05) is 0 Å². The van der Waals surface area contributed by atoms with Gasteiger partial charge in [-0.05, 0) is 20.8 Å². The SMILES string of the molecule is Cc1n[nH]c(C)c1CNc1cc(C)n(C)n1. The second-order valence-electron chi connectivity index (χ2n) is 4.06. The minimum atomic E-state index is 0.755. The highest BCUT2D eigenvalue weighted by molar-refractivity contribution is 5.38. The van der Waals surface area contributed by atoms with E-state index in [4.69, 9.17) is 0 Å². The molecule has 2 aromatic heterocycles. The fourth-order valence-corrected chi connectivity index (χ4v) is 1.66. The number of H-pyrrole nitrogens is 1. The van der Waals surface area contributed by atoms with Crippen molar-refractivity contribution in [2.75, 3.05) is 5.32 Å². The lowest BCUT2D eigenvalue weighted by molar-refractivity contribution is 0.741. The van der Waals surface area contributed by atoms with Crippen LogP contribution in [0.2, 0.25) is 0 Å². The van der Waals surface area contributed by atoms with E-state index in [0.717, 1.165) is 29.4 Å². The molecule has 0 unspecified atom stereocenters. The summed E-state index contributed by atoms with van der Waals surface area (Å²) in [6.45, 7) is 6.82. The molecule has 5 heteroatoms. The fourth-order valence-electron chi connectivity index (χ4n) is 1.66. The van der Waals surface area contributed by atoms with E-state index in [-0.39, 0.29) is 0 Å². The lowest BCUT2D eigenvalue weighted by Gasteiger charge is -2.02. The largest absolute Gasteiger partial charge is 0.364 e. The normalized spacial score (nSPS) is 10.8. The van der Waals surface area contributed by atoms with Crippen molar-refractivity contribution < 1.29 is 0 Å². The molecule has 16 heavy (non-hydrogen) atoms. The van der Waals surface area contributed by atoms with Gasteiger partial charge in [-0.15, -0.1) is 0 Å². The van der Waals surface area contributed by atoms with Crippen LogP contribution in [0, 0.1) is 20.8 Å². The summed E-state index contributed by atoms with van der Waals surface area (Å²) in [5.41, 5.74) is 4.50. The van der Waals surface area contributed by atoms with E-state index in [1.165, 1.54) is 5.56 Å². The Bertz CT molecular complexity index is 455. The van der Waals surface area contributed by atoms with Crippen molar-refractivity contribution in [2.24, 2.45) is 7.05 Å². The first-order valence-electron chi connectivity index (χ1n) is 5.33. The van der Waals surface area contributed by atoms with E-state index >= 15 is 0 Å². The van der Waals surface area contributed by atoms with Gasteiger partial charge in [0.1, 0.15) is 5.82 Å². The van der Waals surface area contributed by atoms with Gasteiger partial charge >= 0.3 is 0 Å². The number of aromatic nitrogens is 4. The smallest absolute Gasteiger partial charge is 0.148 e. The molecule has 2 heterocycles. The van der Waals surface area contributed by atoms with Crippen molar-refractivity contribution >= 4 is 5.82 Å². The Labute approximate surface area is 94.9 Å². The molecule has 2 N–H and O–H groups in total. The first kappa shape index (κ1) is 10.7. The van der Waals surface area contributed by atoms with Crippen LogP contribution in [0.4, 0.5) is 5.82 Å². The zero-order valence-electron chi connectivity index (χ0n) is 10.1. The Balaban J connectivity index is 2.08. The van der Waals surface area contributed by atoms with Crippen molar-refractivity contribution in [1.82, 2.24) is 20.0 Å². The predicted octanol–water partition coefficient (Wildman–Crippen LogP) is 1.68. The Morgan fingerprint density at radius 3 is 2.62 bits per heavy atom. The predicted molar refractivity (Wildman–Crippen MR) is 63.3 cm³/mol. The second-order valence-corrected chi connectivity index (χ2v) is 4.06. The molecule has 0 aliphatic carbocycles. The van der Waals surface area contributed by atoms with E-state index in [9.17, 15) is 0 Å². The van der Waals surface area contributed by atoms with E-state index in [2.05, 4.69) is 20.6 Å². The molecule has 0 bridgehead atoms. The average Bonchev–Trinajstić information content (AvgIpc) is 2.70. The average molecular weight is 219 g/mol. The van der Waals surface area contributed by atoms with Crippen molar-refractivity contribution in [3.63, 3.8) is 0 Å². The van der Waals surface area contributed by atoms with E-state index in [1.54, 1.807) is 0 Å². The lowest BCUT2D eigenvalue weighted by atomic mass is 10.2. The van der Waals surface area contributed by atoms with Gasteiger partial charge in [0.25, 0.3) is 0 Å². The van der Waals surface area contributed by atoms with Gasteiger partial charge in [-0.3, -0.25) is 9.78 Å². The van der Waals surface area contributed by atoms with E-state index in [0.29, 0.717) is 0 Å². The van der Waals surface area contributed by atoms with Crippen LogP contribution in [0.25, 0.3) is 0 Å².